The van der Waals surface area contributed by atoms with E-state index in [1.54, 1.807) is 12.1 Å². The Morgan fingerprint density at radius 1 is 0.903 bits per heavy atom. The largest absolute Gasteiger partial charge is 1.00 e. The van der Waals surface area contributed by atoms with Crippen LogP contribution >= 0.6 is 23.2 Å². The maximum absolute atomic E-state index is 10.6. The molecule has 0 aliphatic carbocycles. The monoisotopic (exact) mass is 462 g/mol. The van der Waals surface area contributed by atoms with Crippen molar-refractivity contribution >= 4 is 35.0 Å². The molecule has 1 N–H and O–H groups in total. The number of halogens is 2. The van der Waals surface area contributed by atoms with Crippen molar-refractivity contribution in [2.45, 2.75) is 12.1 Å². The Balaban J connectivity index is 0.00000272. The molecule has 4 rings (SSSR count). The van der Waals surface area contributed by atoms with Crippen LogP contribution in [0, 0.1) is 0 Å². The van der Waals surface area contributed by atoms with E-state index in [4.69, 9.17) is 32.9 Å². The molecule has 5 nitrogen and oxygen atoms in total. The summed E-state index contributed by atoms with van der Waals surface area (Å²) in [5.74, 6) is -0.0797. The van der Waals surface area contributed by atoms with Crippen LogP contribution < -0.4 is 44.7 Å². The van der Waals surface area contributed by atoms with Gasteiger partial charge in [-0.1, -0.05) is 47.5 Å². The van der Waals surface area contributed by atoms with E-state index in [2.05, 4.69) is 5.32 Å². The van der Waals surface area contributed by atoms with Crippen LogP contribution in [0.4, 0.5) is 0 Å². The van der Waals surface area contributed by atoms with Gasteiger partial charge in [0.25, 0.3) is 0 Å². The second-order valence-corrected chi connectivity index (χ2v) is 7.71. The molecular formula is C23H17Cl2N2NaO3. The summed E-state index contributed by atoms with van der Waals surface area (Å²) in [5, 5.41) is 15.4. The maximum atomic E-state index is 10.6. The van der Waals surface area contributed by atoms with Crippen LogP contribution in [0.1, 0.15) is 28.8 Å². The van der Waals surface area contributed by atoms with Gasteiger partial charge in [-0.2, -0.15) is 0 Å². The molecule has 1 aliphatic rings. The van der Waals surface area contributed by atoms with Gasteiger partial charge in [-0.25, -0.2) is 0 Å². The predicted octanol–water partition coefficient (Wildman–Crippen LogP) is 0.958. The Hall–Kier alpha value is -2.02. The van der Waals surface area contributed by atoms with Gasteiger partial charge in [-0.05, 0) is 59.7 Å². The van der Waals surface area contributed by atoms with Gasteiger partial charge in [0, 0.05) is 15.6 Å². The third-order valence-corrected chi connectivity index (χ3v) is 5.31. The van der Waals surface area contributed by atoms with Gasteiger partial charge in [0.15, 0.2) is 0 Å². The molecule has 1 heterocycles. The fourth-order valence-electron chi connectivity index (χ4n) is 3.35. The molecule has 0 spiro atoms. The van der Waals surface area contributed by atoms with Gasteiger partial charge in [0.05, 0.1) is 12.0 Å². The molecule has 0 aromatic heterocycles. The molecule has 0 amide bonds. The Morgan fingerprint density at radius 3 is 2.00 bits per heavy atom. The van der Waals surface area contributed by atoms with Crippen LogP contribution in [0.5, 0.6) is 5.75 Å². The number of aliphatic imine (C=N–C) groups is 1. The number of carbonyl (C=O) groups excluding carboxylic acids is 1. The number of hydrogen-bond acceptors (Lipinski definition) is 5. The summed E-state index contributed by atoms with van der Waals surface area (Å²) in [6.45, 7) is -0.490. The first-order chi connectivity index (χ1) is 14.5. The van der Waals surface area contributed by atoms with Gasteiger partial charge in [0.1, 0.15) is 24.2 Å². The Morgan fingerprint density at radius 2 is 1.45 bits per heavy atom. The summed E-state index contributed by atoms with van der Waals surface area (Å²) < 4.78 is 5.14. The van der Waals surface area contributed by atoms with Crippen molar-refractivity contribution in [2.75, 3.05) is 6.61 Å². The fourth-order valence-corrected chi connectivity index (χ4v) is 3.60. The summed E-state index contributed by atoms with van der Waals surface area (Å²) in [6.07, 6.45) is 0. The second kappa shape index (κ2) is 10.5. The molecule has 0 saturated heterocycles. The number of carboxylic acid groups (broad SMARTS) is 1. The molecular weight excluding hydrogens is 446 g/mol. The number of ether oxygens (including phenoxy) is 1. The van der Waals surface area contributed by atoms with Crippen LogP contribution in [0.3, 0.4) is 0 Å². The smallest absolute Gasteiger partial charge is 0.546 e. The van der Waals surface area contributed by atoms with Crippen molar-refractivity contribution in [3.63, 3.8) is 0 Å². The molecule has 152 valence electrons. The zero-order valence-electron chi connectivity index (χ0n) is 16.7. The molecule has 0 fully saturated rings. The number of benzene rings is 3. The van der Waals surface area contributed by atoms with Crippen LogP contribution in [0.15, 0.2) is 77.8 Å². The number of nitrogens with zero attached hydrogens (tertiary/aromatic N) is 1. The standard InChI is InChI=1S/C23H18Cl2N2O3.Na/c24-17-7-1-14(2-8-17)21-22(15-3-9-18(25)10-4-15)27-23(26-21)16-5-11-19(12-6-16)30-13-20(28)29;/h1-12,21-22H,13H2,(H,26,27)(H,28,29);/q;+1/p-1. The number of nitrogens with one attached hydrogen (secondary N) is 1. The van der Waals surface area contributed by atoms with E-state index in [0.717, 1.165) is 22.5 Å². The van der Waals surface area contributed by atoms with Crippen LogP contribution in [-0.4, -0.2) is 18.4 Å². The summed E-state index contributed by atoms with van der Waals surface area (Å²) in [5.41, 5.74) is 2.97. The third kappa shape index (κ3) is 5.82. The number of amidine groups is 1. The molecule has 0 saturated carbocycles. The summed E-state index contributed by atoms with van der Waals surface area (Å²) in [4.78, 5) is 15.5. The third-order valence-electron chi connectivity index (χ3n) is 4.80. The number of carbonyl (C=O) groups is 1. The Labute approximate surface area is 212 Å². The molecule has 0 radical (unpaired) electrons. The molecule has 3 aromatic rings. The van der Waals surface area contributed by atoms with E-state index in [1.807, 2.05) is 60.7 Å². The number of carboxylic acids is 1. The first kappa shape index (κ1) is 23.6. The molecule has 0 bridgehead atoms. The average molecular weight is 463 g/mol. The number of aliphatic carboxylic acids is 1. The average Bonchev–Trinajstić information content (AvgIpc) is 3.19. The van der Waals surface area contributed by atoms with Crippen LogP contribution in [0.2, 0.25) is 10.0 Å². The number of hydrogen-bond donors (Lipinski definition) is 1. The first-order valence-corrected chi connectivity index (χ1v) is 10.0. The molecule has 2 unspecified atom stereocenters. The van der Waals surface area contributed by atoms with Gasteiger partial charge < -0.3 is 20.0 Å². The van der Waals surface area contributed by atoms with E-state index in [0.29, 0.717) is 15.8 Å². The zero-order valence-corrected chi connectivity index (χ0v) is 20.2. The van der Waals surface area contributed by atoms with E-state index >= 15 is 0 Å². The molecule has 8 heteroatoms. The van der Waals surface area contributed by atoms with E-state index in [1.165, 1.54) is 0 Å². The van der Waals surface area contributed by atoms with Gasteiger partial charge in [-0.3, -0.25) is 4.99 Å². The molecule has 3 aromatic carbocycles. The van der Waals surface area contributed by atoms with Gasteiger partial charge in [-0.15, -0.1) is 0 Å². The Kier molecular flexibility index (Phi) is 8.03. The van der Waals surface area contributed by atoms with Crippen molar-refractivity contribution in [3.8, 4) is 5.75 Å². The van der Waals surface area contributed by atoms with Crippen molar-refractivity contribution in [2.24, 2.45) is 4.99 Å². The summed E-state index contributed by atoms with van der Waals surface area (Å²) in [6, 6.07) is 22.2. The predicted molar refractivity (Wildman–Crippen MR) is 115 cm³/mol. The van der Waals surface area contributed by atoms with E-state index < -0.39 is 12.6 Å². The minimum absolute atomic E-state index is 0. The minimum Gasteiger partial charge on any atom is -0.546 e. The minimum atomic E-state index is -1.27. The zero-order chi connectivity index (χ0) is 21.1. The fraction of sp³-hybridized carbons (Fsp3) is 0.130. The SMILES string of the molecule is O=C([O-])COc1ccc(C2=NC(c3ccc(Cl)cc3)C(c3ccc(Cl)cc3)N2)cc1.[Na+]. The van der Waals surface area contributed by atoms with Crippen molar-refractivity contribution in [1.29, 1.82) is 0 Å². The van der Waals surface area contributed by atoms with E-state index in [-0.39, 0.29) is 41.6 Å². The second-order valence-electron chi connectivity index (χ2n) is 6.83. The Bertz CT molecular complexity index is 1070. The quantitative estimate of drug-likeness (QED) is 0.553. The maximum Gasteiger partial charge on any atom is 1.00 e. The van der Waals surface area contributed by atoms with E-state index in [9.17, 15) is 9.90 Å². The number of rotatable bonds is 6. The summed E-state index contributed by atoms with van der Waals surface area (Å²) >= 11 is 12.1. The molecule has 1 aliphatic heterocycles. The first-order valence-electron chi connectivity index (χ1n) is 9.28. The summed E-state index contributed by atoms with van der Waals surface area (Å²) in [7, 11) is 0. The van der Waals surface area contributed by atoms with Crippen molar-refractivity contribution in [1.82, 2.24) is 5.32 Å². The van der Waals surface area contributed by atoms with Crippen LogP contribution in [-0.2, 0) is 4.79 Å². The topological polar surface area (TPSA) is 73.8 Å². The molecule has 2 atom stereocenters. The van der Waals surface area contributed by atoms with Crippen molar-refractivity contribution < 1.29 is 44.2 Å². The van der Waals surface area contributed by atoms with Gasteiger partial charge in [0.2, 0.25) is 0 Å². The normalized spacial score (nSPS) is 17.3. The van der Waals surface area contributed by atoms with Crippen molar-refractivity contribution in [3.05, 3.63) is 99.5 Å². The van der Waals surface area contributed by atoms with Crippen LogP contribution in [0.25, 0.3) is 0 Å². The van der Waals surface area contributed by atoms with Gasteiger partial charge >= 0.3 is 29.6 Å². The molecule has 31 heavy (non-hydrogen) atoms.